The van der Waals surface area contributed by atoms with Gasteiger partial charge >= 0.3 is 0 Å². The van der Waals surface area contributed by atoms with E-state index in [1.807, 2.05) is 37.3 Å². The van der Waals surface area contributed by atoms with Gasteiger partial charge in [-0.2, -0.15) is 0 Å². The van der Waals surface area contributed by atoms with Gasteiger partial charge in [-0.25, -0.2) is 0 Å². The van der Waals surface area contributed by atoms with Crippen LogP contribution < -0.4 is 14.8 Å². The third-order valence-electron chi connectivity index (χ3n) is 4.19. The molecule has 0 fully saturated rings. The minimum atomic E-state index is -0.0682. The molecule has 2 atom stereocenters. The number of thioether (sulfide) groups is 1. The number of ether oxygens (including phenoxy) is 2. The summed E-state index contributed by atoms with van der Waals surface area (Å²) >= 11 is 1.64. The number of benzene rings is 2. The third kappa shape index (κ3) is 2.77. The highest BCUT2D eigenvalue weighted by Gasteiger charge is 2.29. The van der Waals surface area contributed by atoms with Gasteiger partial charge in [0.2, 0.25) is 12.7 Å². The number of carbonyl (C=O) groups is 1. The summed E-state index contributed by atoms with van der Waals surface area (Å²) < 4.78 is 10.7. The highest BCUT2D eigenvalue weighted by Crippen LogP contribution is 2.37. The Kier molecular flexibility index (Phi) is 3.65. The van der Waals surface area contributed by atoms with E-state index in [-0.39, 0.29) is 24.0 Å². The average molecular weight is 327 g/mol. The Morgan fingerprint density at radius 1 is 1.22 bits per heavy atom. The molecule has 4 rings (SSSR count). The van der Waals surface area contributed by atoms with E-state index in [9.17, 15) is 4.79 Å². The van der Waals surface area contributed by atoms with Crippen LogP contribution in [0.3, 0.4) is 0 Å². The summed E-state index contributed by atoms with van der Waals surface area (Å²) in [5.74, 6) is 1.58. The topological polar surface area (TPSA) is 47.6 Å². The fourth-order valence-electron chi connectivity index (χ4n) is 2.90. The summed E-state index contributed by atoms with van der Waals surface area (Å²) in [6.07, 6.45) is 0.792. The Morgan fingerprint density at radius 3 is 2.91 bits per heavy atom. The Balaban J connectivity index is 1.43. The summed E-state index contributed by atoms with van der Waals surface area (Å²) in [4.78, 5) is 13.8. The minimum absolute atomic E-state index is 0.0520. The van der Waals surface area contributed by atoms with Gasteiger partial charge in [0, 0.05) is 4.90 Å². The summed E-state index contributed by atoms with van der Waals surface area (Å²) in [6, 6.07) is 13.9. The van der Waals surface area contributed by atoms with Crippen LogP contribution in [0.5, 0.6) is 11.5 Å². The maximum absolute atomic E-state index is 12.5. The Labute approximate surface area is 139 Å². The summed E-state index contributed by atoms with van der Waals surface area (Å²) in [5, 5.41) is 3.06. The van der Waals surface area contributed by atoms with Crippen molar-refractivity contribution in [3.05, 3.63) is 53.6 Å². The summed E-state index contributed by atoms with van der Waals surface area (Å²) in [5.41, 5.74) is 2.27. The quantitative estimate of drug-likeness (QED) is 0.939. The van der Waals surface area contributed by atoms with Crippen molar-refractivity contribution in [1.29, 1.82) is 0 Å². The molecule has 2 heterocycles. The molecular formula is C18H17NO3S. The first-order valence-electron chi connectivity index (χ1n) is 7.65. The van der Waals surface area contributed by atoms with Crippen molar-refractivity contribution in [2.75, 3.05) is 6.79 Å². The van der Waals surface area contributed by atoms with Gasteiger partial charge in [0.05, 0.1) is 11.3 Å². The lowest BCUT2D eigenvalue weighted by molar-refractivity contribution is -0.121. The SMILES string of the molecule is CC(NC(=O)C1Cc2ccccc2S1)c1ccc2c(c1)OCO2. The monoisotopic (exact) mass is 327 g/mol. The average Bonchev–Trinajstić information content (AvgIpc) is 3.20. The third-order valence-corrected chi connectivity index (χ3v) is 5.51. The van der Waals surface area contributed by atoms with Gasteiger partial charge in [0.15, 0.2) is 11.5 Å². The Bertz CT molecular complexity index is 737. The number of fused-ring (bicyclic) bond motifs is 2. The van der Waals surface area contributed by atoms with Gasteiger partial charge in [-0.1, -0.05) is 24.3 Å². The molecule has 0 bridgehead atoms. The molecule has 118 valence electrons. The van der Waals surface area contributed by atoms with Crippen LogP contribution in [0.4, 0.5) is 0 Å². The van der Waals surface area contributed by atoms with E-state index in [2.05, 4.69) is 17.4 Å². The van der Waals surface area contributed by atoms with Crippen LogP contribution in [0.1, 0.15) is 24.1 Å². The molecule has 0 saturated heterocycles. The fraction of sp³-hybridized carbons (Fsp3) is 0.278. The molecule has 23 heavy (non-hydrogen) atoms. The highest BCUT2D eigenvalue weighted by atomic mass is 32.2. The first-order valence-corrected chi connectivity index (χ1v) is 8.53. The number of hydrogen-bond donors (Lipinski definition) is 1. The van der Waals surface area contributed by atoms with Gasteiger partial charge in [-0.3, -0.25) is 4.79 Å². The second-order valence-electron chi connectivity index (χ2n) is 5.76. The second-order valence-corrected chi connectivity index (χ2v) is 7.01. The predicted octanol–water partition coefficient (Wildman–Crippen LogP) is 3.31. The predicted molar refractivity (Wildman–Crippen MR) is 88.9 cm³/mol. The zero-order chi connectivity index (χ0) is 15.8. The van der Waals surface area contributed by atoms with Crippen molar-refractivity contribution in [3.63, 3.8) is 0 Å². The first-order chi connectivity index (χ1) is 11.2. The molecule has 2 unspecified atom stereocenters. The largest absolute Gasteiger partial charge is 0.454 e. The molecule has 4 nitrogen and oxygen atoms in total. The van der Waals surface area contributed by atoms with Gasteiger partial charge < -0.3 is 14.8 Å². The van der Waals surface area contributed by atoms with Crippen molar-refractivity contribution in [2.24, 2.45) is 0 Å². The standard InChI is InChI=1S/C18H17NO3S/c1-11(12-6-7-14-15(8-12)22-10-21-14)19-18(20)17-9-13-4-2-3-5-16(13)23-17/h2-8,11,17H,9-10H2,1H3,(H,19,20). The summed E-state index contributed by atoms with van der Waals surface area (Å²) in [6.45, 7) is 2.25. The van der Waals surface area contributed by atoms with Crippen molar-refractivity contribution >= 4 is 17.7 Å². The van der Waals surface area contributed by atoms with E-state index in [1.165, 1.54) is 10.5 Å². The molecule has 1 amide bonds. The van der Waals surface area contributed by atoms with Gasteiger partial charge in [0.25, 0.3) is 0 Å². The molecule has 2 aromatic carbocycles. The van der Waals surface area contributed by atoms with E-state index < -0.39 is 0 Å². The van der Waals surface area contributed by atoms with Crippen LogP contribution in [0.15, 0.2) is 47.4 Å². The number of amides is 1. The van der Waals surface area contributed by atoms with E-state index in [0.717, 1.165) is 23.5 Å². The fourth-order valence-corrected chi connectivity index (χ4v) is 4.10. The van der Waals surface area contributed by atoms with Crippen molar-refractivity contribution in [2.45, 2.75) is 29.5 Å². The van der Waals surface area contributed by atoms with Gasteiger partial charge in [0.1, 0.15) is 0 Å². The number of rotatable bonds is 3. The van der Waals surface area contributed by atoms with Gasteiger partial charge in [-0.05, 0) is 42.7 Å². The number of hydrogen-bond acceptors (Lipinski definition) is 4. The number of nitrogens with one attached hydrogen (secondary N) is 1. The lowest BCUT2D eigenvalue weighted by Gasteiger charge is -2.17. The lowest BCUT2D eigenvalue weighted by Crippen LogP contribution is -2.34. The molecule has 2 aliphatic heterocycles. The van der Waals surface area contributed by atoms with Crippen LogP contribution in [-0.2, 0) is 11.2 Å². The lowest BCUT2D eigenvalue weighted by atomic mass is 10.1. The number of carbonyl (C=O) groups excluding carboxylic acids is 1. The molecule has 0 aromatic heterocycles. The molecule has 0 spiro atoms. The van der Waals surface area contributed by atoms with Crippen molar-refractivity contribution in [1.82, 2.24) is 5.32 Å². The van der Waals surface area contributed by atoms with Crippen molar-refractivity contribution in [3.8, 4) is 11.5 Å². The smallest absolute Gasteiger partial charge is 0.234 e. The molecular weight excluding hydrogens is 310 g/mol. The van der Waals surface area contributed by atoms with Crippen LogP contribution in [0.25, 0.3) is 0 Å². The van der Waals surface area contributed by atoms with Crippen LogP contribution in [-0.4, -0.2) is 18.0 Å². The van der Waals surface area contributed by atoms with E-state index >= 15 is 0 Å². The highest BCUT2D eigenvalue weighted by molar-refractivity contribution is 8.01. The van der Waals surface area contributed by atoms with Crippen LogP contribution in [0.2, 0.25) is 0 Å². The summed E-state index contributed by atoms with van der Waals surface area (Å²) in [7, 11) is 0. The van der Waals surface area contributed by atoms with E-state index in [0.29, 0.717) is 0 Å². The van der Waals surface area contributed by atoms with Crippen molar-refractivity contribution < 1.29 is 14.3 Å². The van der Waals surface area contributed by atoms with Crippen LogP contribution >= 0.6 is 11.8 Å². The second kappa shape index (κ2) is 5.81. The molecule has 2 aromatic rings. The molecule has 0 aliphatic carbocycles. The van der Waals surface area contributed by atoms with Gasteiger partial charge in [-0.15, -0.1) is 11.8 Å². The molecule has 2 aliphatic rings. The minimum Gasteiger partial charge on any atom is -0.454 e. The van der Waals surface area contributed by atoms with E-state index in [1.54, 1.807) is 11.8 Å². The maximum atomic E-state index is 12.5. The molecule has 0 saturated carbocycles. The maximum Gasteiger partial charge on any atom is 0.234 e. The Morgan fingerprint density at radius 2 is 2.04 bits per heavy atom. The van der Waals surface area contributed by atoms with Crippen LogP contribution in [0, 0.1) is 0 Å². The molecule has 5 heteroatoms. The molecule has 0 radical (unpaired) electrons. The normalized spacial score (nSPS) is 19.3. The zero-order valence-electron chi connectivity index (χ0n) is 12.7. The molecule has 1 N–H and O–H groups in total. The zero-order valence-corrected chi connectivity index (χ0v) is 13.6. The first kappa shape index (κ1) is 14.5. The Hall–Kier alpha value is -2.14. The van der Waals surface area contributed by atoms with E-state index in [4.69, 9.17) is 9.47 Å².